The average Bonchev–Trinajstić information content (AvgIpc) is 2.39. The van der Waals surface area contributed by atoms with Crippen molar-refractivity contribution in [2.24, 2.45) is 4.99 Å². The fourth-order valence-corrected chi connectivity index (χ4v) is 2.38. The Bertz CT molecular complexity index is 564. The van der Waals surface area contributed by atoms with Crippen molar-refractivity contribution in [2.75, 3.05) is 7.11 Å². The fourth-order valence-electron chi connectivity index (χ4n) is 1.68. The van der Waals surface area contributed by atoms with E-state index in [0.717, 1.165) is 27.2 Å². The first kappa shape index (κ1) is 12.9. The van der Waals surface area contributed by atoms with Gasteiger partial charge in [-0.2, -0.15) is 0 Å². The van der Waals surface area contributed by atoms with E-state index in [1.807, 2.05) is 48.5 Å². The molecule has 2 nitrogen and oxygen atoms in total. The third-order valence-corrected chi connectivity index (χ3v) is 3.30. The second kappa shape index (κ2) is 5.85. The molecule has 0 spiro atoms. The van der Waals surface area contributed by atoms with Crippen LogP contribution in [0.15, 0.2) is 53.5 Å². The molecule has 0 aromatic heterocycles. The van der Waals surface area contributed by atoms with E-state index in [1.54, 1.807) is 7.11 Å². The molecule has 0 amide bonds. The summed E-state index contributed by atoms with van der Waals surface area (Å²) >= 11 is 3.03. The Labute approximate surface area is 116 Å². The van der Waals surface area contributed by atoms with E-state index in [4.69, 9.17) is 4.74 Å². The van der Waals surface area contributed by atoms with Crippen LogP contribution in [0.5, 0.6) is 5.75 Å². The molecule has 0 heterocycles. The molecule has 0 saturated carbocycles. The predicted octanol–water partition coefficient (Wildman–Crippen LogP) is 3.25. The van der Waals surface area contributed by atoms with Gasteiger partial charge in [-0.3, -0.25) is 0 Å². The molecule has 0 N–H and O–H groups in total. The molecule has 2 aromatic carbocycles. The minimum absolute atomic E-state index is 0.865. The summed E-state index contributed by atoms with van der Waals surface area (Å²) in [5.74, 6) is 0.865. The van der Waals surface area contributed by atoms with Gasteiger partial charge in [-0.15, -0.1) is 0 Å². The van der Waals surface area contributed by atoms with Crippen LogP contribution in [0, 0.1) is 6.92 Å². The Kier molecular flexibility index (Phi) is 4.19. The van der Waals surface area contributed by atoms with Gasteiger partial charge in [0, 0.05) is 0 Å². The topological polar surface area (TPSA) is 21.6 Å². The predicted molar refractivity (Wildman–Crippen MR) is 76.1 cm³/mol. The first-order valence-corrected chi connectivity index (χ1v) is 6.52. The van der Waals surface area contributed by atoms with Crippen molar-refractivity contribution in [1.82, 2.24) is 0 Å². The van der Waals surface area contributed by atoms with Crippen LogP contribution in [0.3, 0.4) is 0 Å². The number of benzene rings is 2. The maximum atomic E-state index is 5.20. The molecule has 0 aliphatic heterocycles. The van der Waals surface area contributed by atoms with Crippen molar-refractivity contribution in [3.05, 3.63) is 59.7 Å². The Morgan fingerprint density at radius 1 is 1.11 bits per heavy atom. The summed E-state index contributed by atoms with van der Waals surface area (Å²) in [6, 6.07) is 15.9. The van der Waals surface area contributed by atoms with Crippen molar-refractivity contribution in [3.8, 4) is 5.75 Å². The first-order valence-electron chi connectivity index (χ1n) is 5.66. The van der Waals surface area contributed by atoms with Crippen molar-refractivity contribution in [2.45, 2.75) is 6.92 Å². The number of nitrogens with zero attached hydrogens (tertiary/aromatic N) is 1. The van der Waals surface area contributed by atoms with E-state index < -0.39 is 0 Å². The van der Waals surface area contributed by atoms with E-state index in [-0.39, 0.29) is 0 Å². The minimum atomic E-state index is 0.865. The Morgan fingerprint density at radius 2 is 1.83 bits per heavy atom. The number of aliphatic imine (C=N–C) groups is 1. The molecular formula is C15H14NOSe. The molecule has 3 heteroatoms. The normalized spacial score (nSPS) is 11.3. The standard InChI is InChI=1S/C15H14NOSe/c1-11-10-13(17-2)8-9-14(11)15(18)16-12-6-4-3-5-7-12/h3-10H,1-2H3. The van der Waals surface area contributed by atoms with Gasteiger partial charge < -0.3 is 0 Å². The van der Waals surface area contributed by atoms with Crippen LogP contribution in [-0.2, 0) is 0 Å². The van der Waals surface area contributed by atoms with E-state index in [1.165, 1.54) is 0 Å². The monoisotopic (exact) mass is 304 g/mol. The van der Waals surface area contributed by atoms with Gasteiger partial charge in [-0.05, 0) is 0 Å². The Morgan fingerprint density at radius 3 is 2.44 bits per heavy atom. The summed E-state index contributed by atoms with van der Waals surface area (Å²) in [5.41, 5.74) is 3.18. The summed E-state index contributed by atoms with van der Waals surface area (Å²) in [5, 5.41) is 0. The molecule has 2 aromatic rings. The van der Waals surface area contributed by atoms with E-state index in [2.05, 4.69) is 27.9 Å². The van der Waals surface area contributed by atoms with Crippen LogP contribution < -0.4 is 4.74 Å². The molecule has 0 atom stereocenters. The fraction of sp³-hybridized carbons (Fsp3) is 0.133. The molecule has 0 aliphatic carbocycles. The van der Waals surface area contributed by atoms with Crippen LogP contribution in [-0.4, -0.2) is 27.7 Å². The molecular weight excluding hydrogens is 289 g/mol. The quantitative estimate of drug-likeness (QED) is 0.630. The van der Waals surface area contributed by atoms with E-state index >= 15 is 0 Å². The zero-order valence-corrected chi connectivity index (χ0v) is 12.1. The summed E-state index contributed by atoms with van der Waals surface area (Å²) in [6.45, 7) is 2.05. The van der Waals surface area contributed by atoms with Crippen LogP contribution in [0.2, 0.25) is 0 Å². The number of hydrogen-bond donors (Lipinski definition) is 0. The molecule has 91 valence electrons. The van der Waals surface area contributed by atoms with E-state index in [9.17, 15) is 0 Å². The summed E-state index contributed by atoms with van der Waals surface area (Å²) < 4.78 is 6.09. The second-order valence-electron chi connectivity index (χ2n) is 3.93. The number of hydrogen-bond acceptors (Lipinski definition) is 2. The van der Waals surface area contributed by atoms with E-state index in [0.29, 0.717) is 0 Å². The van der Waals surface area contributed by atoms with Crippen LogP contribution >= 0.6 is 0 Å². The number of methoxy groups -OCH3 is 1. The van der Waals surface area contributed by atoms with Crippen LogP contribution in [0.1, 0.15) is 11.1 Å². The maximum absolute atomic E-state index is 5.20. The average molecular weight is 303 g/mol. The molecule has 18 heavy (non-hydrogen) atoms. The van der Waals surface area contributed by atoms with Gasteiger partial charge in [0.1, 0.15) is 0 Å². The molecule has 0 saturated heterocycles. The number of ether oxygens (including phenoxy) is 1. The van der Waals surface area contributed by atoms with Gasteiger partial charge in [0.05, 0.1) is 0 Å². The third-order valence-electron chi connectivity index (χ3n) is 2.65. The molecule has 2 rings (SSSR count). The Balaban J connectivity index is 2.34. The third kappa shape index (κ3) is 3.00. The number of para-hydroxylation sites is 1. The zero-order valence-electron chi connectivity index (χ0n) is 10.4. The first-order chi connectivity index (χ1) is 8.70. The molecule has 0 fully saturated rings. The summed E-state index contributed by atoms with van der Waals surface area (Å²) in [6.07, 6.45) is 0. The summed E-state index contributed by atoms with van der Waals surface area (Å²) in [7, 11) is 1.67. The van der Waals surface area contributed by atoms with Crippen molar-refractivity contribution in [3.63, 3.8) is 0 Å². The van der Waals surface area contributed by atoms with Gasteiger partial charge in [-0.25, -0.2) is 0 Å². The van der Waals surface area contributed by atoms with Crippen molar-refractivity contribution < 1.29 is 4.74 Å². The van der Waals surface area contributed by atoms with Gasteiger partial charge in [0.2, 0.25) is 0 Å². The van der Waals surface area contributed by atoms with Gasteiger partial charge in [0.15, 0.2) is 0 Å². The summed E-state index contributed by atoms with van der Waals surface area (Å²) in [4.78, 5) is 4.57. The number of rotatable bonds is 3. The molecule has 1 radical (unpaired) electrons. The second-order valence-corrected chi connectivity index (χ2v) is 4.74. The van der Waals surface area contributed by atoms with Gasteiger partial charge in [-0.1, -0.05) is 0 Å². The van der Waals surface area contributed by atoms with Gasteiger partial charge in [0.25, 0.3) is 0 Å². The molecule has 0 bridgehead atoms. The van der Waals surface area contributed by atoms with Gasteiger partial charge >= 0.3 is 115 Å². The Hall–Kier alpha value is -1.57. The van der Waals surface area contributed by atoms with Crippen LogP contribution in [0.25, 0.3) is 0 Å². The number of aryl methyl sites for hydroxylation is 1. The van der Waals surface area contributed by atoms with Crippen molar-refractivity contribution in [1.29, 1.82) is 0 Å². The SMILES string of the molecule is COc1ccc(C([Se])=Nc2ccccc2)c(C)c1. The zero-order chi connectivity index (χ0) is 13.0. The van der Waals surface area contributed by atoms with Crippen molar-refractivity contribution >= 4 is 26.3 Å². The molecule has 0 unspecified atom stereocenters. The van der Waals surface area contributed by atoms with Crippen LogP contribution in [0.4, 0.5) is 5.69 Å². The molecule has 0 aliphatic rings.